The minimum Gasteiger partial charge on any atom is -0.380 e. The average molecular weight is 413 g/mol. The Morgan fingerprint density at radius 3 is 2.60 bits per heavy atom. The van der Waals surface area contributed by atoms with Gasteiger partial charge in [0.2, 0.25) is 5.91 Å². The van der Waals surface area contributed by atoms with E-state index in [2.05, 4.69) is 9.88 Å². The summed E-state index contributed by atoms with van der Waals surface area (Å²) in [6, 6.07) is 11.1. The molecule has 3 rings (SSSR count). The third-order valence-corrected chi connectivity index (χ3v) is 5.30. The number of hydrogen-bond acceptors (Lipinski definition) is 4. The Morgan fingerprint density at radius 1 is 1.23 bits per heavy atom. The Morgan fingerprint density at radius 2 is 1.93 bits per heavy atom. The summed E-state index contributed by atoms with van der Waals surface area (Å²) in [4.78, 5) is 16.4. The van der Waals surface area contributed by atoms with E-state index in [-0.39, 0.29) is 5.82 Å². The Labute approximate surface area is 176 Å². The van der Waals surface area contributed by atoms with E-state index in [1.165, 1.54) is 0 Å². The summed E-state index contributed by atoms with van der Waals surface area (Å²) < 4.78 is 21.7. The molecule has 160 valence electrons. The zero-order chi connectivity index (χ0) is 21.9. The topological polar surface area (TPSA) is 82.2 Å². The number of aryl methyl sites for hydroxylation is 1. The van der Waals surface area contributed by atoms with Crippen molar-refractivity contribution in [1.29, 1.82) is 0 Å². The minimum atomic E-state index is -0.854. The van der Waals surface area contributed by atoms with Crippen LogP contribution >= 0.6 is 0 Å². The van der Waals surface area contributed by atoms with Crippen LogP contribution in [0.3, 0.4) is 0 Å². The number of rotatable bonds is 9. The molecule has 0 radical (unpaired) electrons. The van der Waals surface area contributed by atoms with Crippen LogP contribution in [-0.4, -0.2) is 34.2 Å². The molecule has 1 aromatic heterocycles. The molecule has 0 fully saturated rings. The Hall–Kier alpha value is -2.77. The lowest BCUT2D eigenvalue weighted by molar-refractivity contribution is -0.123. The number of carbonyl (C=O) groups is 1. The molecule has 0 unspecified atom stereocenters. The van der Waals surface area contributed by atoms with Gasteiger partial charge in [-0.05, 0) is 62.6 Å². The highest BCUT2D eigenvalue weighted by Crippen LogP contribution is 2.27. The van der Waals surface area contributed by atoms with Gasteiger partial charge in [-0.1, -0.05) is 18.2 Å². The van der Waals surface area contributed by atoms with Gasteiger partial charge < -0.3 is 15.0 Å². The number of primary amides is 1. The highest BCUT2D eigenvalue weighted by molar-refractivity contribution is 5.84. The lowest BCUT2D eigenvalue weighted by atomic mass is 10.0. The van der Waals surface area contributed by atoms with Gasteiger partial charge >= 0.3 is 0 Å². The van der Waals surface area contributed by atoms with Gasteiger partial charge in [-0.15, -0.1) is 0 Å². The second-order valence-electron chi connectivity index (χ2n) is 7.89. The van der Waals surface area contributed by atoms with Gasteiger partial charge in [0, 0.05) is 13.2 Å². The molecule has 2 aromatic carbocycles. The third-order valence-electron chi connectivity index (χ3n) is 5.30. The molecule has 0 aliphatic rings. The van der Waals surface area contributed by atoms with Gasteiger partial charge in [-0.2, -0.15) is 0 Å². The average Bonchev–Trinajstić information content (AvgIpc) is 3.05. The van der Waals surface area contributed by atoms with E-state index >= 15 is 0 Å². The van der Waals surface area contributed by atoms with Crippen LogP contribution in [0.4, 0.5) is 4.39 Å². The van der Waals surface area contributed by atoms with Crippen LogP contribution in [0.1, 0.15) is 32.2 Å². The van der Waals surface area contributed by atoms with Crippen molar-refractivity contribution in [2.45, 2.75) is 46.3 Å². The van der Waals surface area contributed by atoms with Crippen molar-refractivity contribution in [3.63, 3.8) is 0 Å². The molecule has 6 nitrogen and oxygen atoms in total. The number of carbonyl (C=O) groups excluding carboxylic acids is 1. The molecule has 3 aromatic rings. The first-order valence-corrected chi connectivity index (χ1v) is 10.1. The largest absolute Gasteiger partial charge is 0.380 e. The second-order valence-corrected chi connectivity index (χ2v) is 7.89. The highest BCUT2D eigenvalue weighted by Gasteiger charge is 2.25. The zero-order valence-electron chi connectivity index (χ0n) is 18.0. The van der Waals surface area contributed by atoms with E-state index in [1.54, 1.807) is 32.9 Å². The number of halogens is 1. The molecule has 1 amide bonds. The van der Waals surface area contributed by atoms with Crippen LogP contribution in [0.2, 0.25) is 0 Å². The van der Waals surface area contributed by atoms with Gasteiger partial charge in [0.15, 0.2) is 0 Å². The summed E-state index contributed by atoms with van der Waals surface area (Å²) >= 11 is 0. The van der Waals surface area contributed by atoms with Crippen LogP contribution < -0.4 is 11.1 Å². The third kappa shape index (κ3) is 4.68. The standard InChI is InChI=1S/C23H29FN4O2/c1-5-30-11-10-28-20-13-17(16-7-6-15(2)18(24)12-16)8-9-19(20)27-21(28)14-26-23(3,4)22(25)29/h6-9,12-13,26H,5,10-11,14H2,1-4H3,(H2,25,29). The van der Waals surface area contributed by atoms with E-state index in [4.69, 9.17) is 15.5 Å². The van der Waals surface area contributed by atoms with Gasteiger partial charge in [-0.3, -0.25) is 10.1 Å². The molecule has 0 atom stereocenters. The number of benzene rings is 2. The maximum atomic E-state index is 14.1. The predicted octanol–water partition coefficient (Wildman–Crippen LogP) is 3.54. The number of ether oxygens (including phenoxy) is 1. The Balaban J connectivity index is 2.00. The fourth-order valence-corrected chi connectivity index (χ4v) is 3.20. The highest BCUT2D eigenvalue weighted by atomic mass is 19.1. The van der Waals surface area contributed by atoms with Crippen molar-refractivity contribution in [3.8, 4) is 11.1 Å². The number of aromatic nitrogens is 2. The summed E-state index contributed by atoms with van der Waals surface area (Å²) in [5.41, 5.74) is 8.72. The lowest BCUT2D eigenvalue weighted by Gasteiger charge is -2.22. The van der Waals surface area contributed by atoms with Gasteiger partial charge in [0.1, 0.15) is 11.6 Å². The van der Waals surface area contributed by atoms with E-state index in [0.717, 1.165) is 28.0 Å². The molecule has 1 heterocycles. The quantitative estimate of drug-likeness (QED) is 0.527. The molecule has 30 heavy (non-hydrogen) atoms. The van der Waals surface area contributed by atoms with Crippen molar-refractivity contribution in [3.05, 3.63) is 53.6 Å². The maximum absolute atomic E-state index is 14.1. The number of nitrogens with two attached hydrogens (primary N) is 1. The number of nitrogens with zero attached hydrogens (tertiary/aromatic N) is 2. The van der Waals surface area contributed by atoms with E-state index in [9.17, 15) is 9.18 Å². The molecule has 0 saturated carbocycles. The first-order valence-electron chi connectivity index (χ1n) is 10.1. The summed E-state index contributed by atoms with van der Waals surface area (Å²) in [5, 5.41) is 3.18. The predicted molar refractivity (Wildman–Crippen MR) is 116 cm³/mol. The van der Waals surface area contributed by atoms with E-state index in [1.807, 2.05) is 31.2 Å². The maximum Gasteiger partial charge on any atom is 0.237 e. The molecule has 0 bridgehead atoms. The number of amides is 1. The number of hydrogen-bond donors (Lipinski definition) is 2. The molecule has 0 aliphatic heterocycles. The van der Waals surface area contributed by atoms with E-state index in [0.29, 0.717) is 31.9 Å². The van der Waals surface area contributed by atoms with Gasteiger partial charge in [0.05, 0.1) is 29.7 Å². The Bertz CT molecular complexity index is 1060. The van der Waals surface area contributed by atoms with Crippen molar-refractivity contribution in [2.24, 2.45) is 5.73 Å². The molecular weight excluding hydrogens is 383 g/mol. The molecular formula is C23H29FN4O2. The summed E-state index contributed by atoms with van der Waals surface area (Å²) in [6.45, 7) is 9.35. The smallest absolute Gasteiger partial charge is 0.237 e. The van der Waals surface area contributed by atoms with Crippen LogP contribution in [0.25, 0.3) is 22.2 Å². The normalized spacial score (nSPS) is 11.9. The summed E-state index contributed by atoms with van der Waals surface area (Å²) in [7, 11) is 0. The van der Waals surface area contributed by atoms with Crippen LogP contribution in [0, 0.1) is 12.7 Å². The fraction of sp³-hybridized carbons (Fsp3) is 0.391. The van der Waals surface area contributed by atoms with Gasteiger partial charge in [0.25, 0.3) is 0 Å². The fourth-order valence-electron chi connectivity index (χ4n) is 3.20. The monoisotopic (exact) mass is 412 g/mol. The van der Waals surface area contributed by atoms with Crippen molar-refractivity contribution in [2.75, 3.05) is 13.2 Å². The molecule has 0 saturated heterocycles. The lowest BCUT2D eigenvalue weighted by Crippen LogP contribution is -2.50. The van der Waals surface area contributed by atoms with E-state index < -0.39 is 11.4 Å². The molecule has 7 heteroatoms. The zero-order valence-corrected chi connectivity index (χ0v) is 18.0. The van der Waals surface area contributed by atoms with Crippen LogP contribution in [0.15, 0.2) is 36.4 Å². The Kier molecular flexibility index (Phi) is 6.53. The molecule has 0 spiro atoms. The van der Waals surface area contributed by atoms with Crippen molar-refractivity contribution in [1.82, 2.24) is 14.9 Å². The first kappa shape index (κ1) is 21.9. The van der Waals surface area contributed by atoms with Crippen molar-refractivity contribution >= 4 is 16.9 Å². The van der Waals surface area contributed by atoms with Gasteiger partial charge in [-0.25, -0.2) is 9.37 Å². The number of imidazole rings is 1. The second kappa shape index (κ2) is 8.93. The summed E-state index contributed by atoms with van der Waals surface area (Å²) in [5.74, 6) is 0.130. The molecule has 0 aliphatic carbocycles. The first-order chi connectivity index (χ1) is 14.2. The minimum absolute atomic E-state index is 0.226. The van der Waals surface area contributed by atoms with Crippen LogP contribution in [-0.2, 0) is 22.6 Å². The number of fused-ring (bicyclic) bond motifs is 1. The number of nitrogens with one attached hydrogen (secondary N) is 1. The SMILES string of the molecule is CCOCCn1c(CNC(C)(C)C(N)=O)nc2ccc(-c3ccc(C)c(F)c3)cc21. The summed E-state index contributed by atoms with van der Waals surface area (Å²) in [6.07, 6.45) is 0. The van der Waals surface area contributed by atoms with Crippen LogP contribution in [0.5, 0.6) is 0 Å². The van der Waals surface area contributed by atoms with Crippen molar-refractivity contribution < 1.29 is 13.9 Å². The molecule has 3 N–H and O–H groups in total.